The predicted molar refractivity (Wildman–Crippen MR) is 82.1 cm³/mol. The van der Waals surface area contributed by atoms with Gasteiger partial charge in [-0.05, 0) is 45.4 Å². The summed E-state index contributed by atoms with van der Waals surface area (Å²) in [5.41, 5.74) is 1.28. The Morgan fingerprint density at radius 3 is 2.95 bits per heavy atom. The molecule has 2 rings (SSSR count). The molecule has 1 saturated heterocycles. The SMILES string of the molecule is COC(=O)c1cccc(CN(CC2CCCN2)C(C)C)n1. The molecule has 116 valence electrons. The van der Waals surface area contributed by atoms with Crippen LogP contribution in [0, 0.1) is 0 Å². The van der Waals surface area contributed by atoms with Gasteiger partial charge >= 0.3 is 5.97 Å². The molecule has 0 saturated carbocycles. The molecule has 1 aromatic heterocycles. The number of rotatable bonds is 6. The minimum atomic E-state index is -0.384. The highest BCUT2D eigenvalue weighted by molar-refractivity contribution is 5.87. The van der Waals surface area contributed by atoms with E-state index < -0.39 is 0 Å². The zero-order valence-corrected chi connectivity index (χ0v) is 13.1. The summed E-state index contributed by atoms with van der Waals surface area (Å²) in [5.74, 6) is -0.384. The van der Waals surface area contributed by atoms with Crippen LogP contribution in [0.4, 0.5) is 0 Å². The number of nitrogens with zero attached hydrogens (tertiary/aromatic N) is 2. The molecule has 5 heteroatoms. The van der Waals surface area contributed by atoms with Gasteiger partial charge in [0, 0.05) is 25.2 Å². The number of aromatic nitrogens is 1. The summed E-state index contributed by atoms with van der Waals surface area (Å²) in [6.45, 7) is 7.27. The molecule has 0 spiro atoms. The summed E-state index contributed by atoms with van der Waals surface area (Å²) in [6.07, 6.45) is 2.49. The quantitative estimate of drug-likeness (QED) is 0.810. The molecule has 1 aliphatic rings. The lowest BCUT2D eigenvalue weighted by molar-refractivity contribution is 0.0593. The van der Waals surface area contributed by atoms with Crippen LogP contribution in [0.25, 0.3) is 0 Å². The standard InChI is InChI=1S/C16H25N3O2/c1-12(2)19(10-13-7-5-9-17-13)11-14-6-4-8-15(18-14)16(20)21-3/h4,6,8,12-13,17H,5,7,9-11H2,1-3H3. The van der Waals surface area contributed by atoms with Gasteiger partial charge in [0.15, 0.2) is 0 Å². The Hall–Kier alpha value is -1.46. The first kappa shape index (κ1) is 15.9. The molecule has 0 aromatic carbocycles. The third-order valence-electron chi connectivity index (χ3n) is 3.91. The van der Waals surface area contributed by atoms with Crippen molar-refractivity contribution in [2.24, 2.45) is 0 Å². The molecule has 2 heterocycles. The topological polar surface area (TPSA) is 54.5 Å². The van der Waals surface area contributed by atoms with Gasteiger partial charge in [-0.15, -0.1) is 0 Å². The number of ether oxygens (including phenoxy) is 1. The van der Waals surface area contributed by atoms with Gasteiger partial charge < -0.3 is 10.1 Å². The van der Waals surface area contributed by atoms with Crippen LogP contribution in [0.15, 0.2) is 18.2 Å². The molecule has 1 aromatic rings. The average molecular weight is 291 g/mol. The minimum absolute atomic E-state index is 0.373. The van der Waals surface area contributed by atoms with Crippen LogP contribution in [0.3, 0.4) is 0 Å². The Kier molecular flexibility index (Phi) is 5.70. The predicted octanol–water partition coefficient (Wildman–Crippen LogP) is 1.83. The van der Waals surface area contributed by atoms with Crippen LogP contribution in [0.5, 0.6) is 0 Å². The number of hydrogen-bond donors (Lipinski definition) is 1. The zero-order valence-electron chi connectivity index (χ0n) is 13.1. The van der Waals surface area contributed by atoms with E-state index in [1.165, 1.54) is 20.0 Å². The van der Waals surface area contributed by atoms with E-state index in [2.05, 4.69) is 29.0 Å². The Bertz CT molecular complexity index is 470. The van der Waals surface area contributed by atoms with Crippen molar-refractivity contribution in [3.8, 4) is 0 Å². The largest absolute Gasteiger partial charge is 0.464 e. The molecule has 0 radical (unpaired) electrons. The number of carbonyl (C=O) groups excluding carboxylic acids is 1. The highest BCUT2D eigenvalue weighted by Crippen LogP contribution is 2.13. The van der Waals surface area contributed by atoms with Crippen molar-refractivity contribution in [2.75, 3.05) is 20.2 Å². The third kappa shape index (κ3) is 4.51. The molecule has 1 aliphatic heterocycles. The number of pyridine rings is 1. The van der Waals surface area contributed by atoms with Gasteiger partial charge in [-0.3, -0.25) is 4.90 Å². The van der Waals surface area contributed by atoms with Gasteiger partial charge in [-0.2, -0.15) is 0 Å². The van der Waals surface area contributed by atoms with Gasteiger partial charge in [-0.1, -0.05) is 6.07 Å². The maximum Gasteiger partial charge on any atom is 0.356 e. The Labute approximate surface area is 126 Å². The van der Waals surface area contributed by atoms with Gasteiger partial charge in [0.1, 0.15) is 5.69 Å². The van der Waals surface area contributed by atoms with E-state index in [1.54, 1.807) is 6.07 Å². The summed E-state index contributed by atoms with van der Waals surface area (Å²) in [6, 6.07) is 6.52. The van der Waals surface area contributed by atoms with E-state index in [-0.39, 0.29) is 5.97 Å². The number of esters is 1. The molecule has 0 bridgehead atoms. The second-order valence-corrected chi connectivity index (χ2v) is 5.82. The van der Waals surface area contributed by atoms with E-state index in [1.807, 2.05) is 12.1 Å². The van der Waals surface area contributed by atoms with Crippen LogP contribution in [-0.4, -0.2) is 48.1 Å². The smallest absolute Gasteiger partial charge is 0.356 e. The first-order valence-electron chi connectivity index (χ1n) is 7.62. The fourth-order valence-corrected chi connectivity index (χ4v) is 2.65. The highest BCUT2D eigenvalue weighted by Gasteiger charge is 2.20. The number of carbonyl (C=O) groups is 1. The molecule has 5 nitrogen and oxygen atoms in total. The summed E-state index contributed by atoms with van der Waals surface area (Å²) < 4.78 is 4.73. The lowest BCUT2D eigenvalue weighted by Crippen LogP contribution is -2.41. The summed E-state index contributed by atoms with van der Waals surface area (Å²) in [4.78, 5) is 18.4. The number of hydrogen-bond acceptors (Lipinski definition) is 5. The molecular weight excluding hydrogens is 266 g/mol. The zero-order chi connectivity index (χ0) is 15.2. The molecule has 0 amide bonds. The fourth-order valence-electron chi connectivity index (χ4n) is 2.65. The van der Waals surface area contributed by atoms with Crippen molar-refractivity contribution in [2.45, 2.75) is 45.3 Å². The van der Waals surface area contributed by atoms with Crippen LogP contribution in [-0.2, 0) is 11.3 Å². The Balaban J connectivity index is 2.03. The second kappa shape index (κ2) is 7.52. The van der Waals surface area contributed by atoms with E-state index in [0.29, 0.717) is 17.8 Å². The first-order valence-corrected chi connectivity index (χ1v) is 7.62. The summed E-state index contributed by atoms with van der Waals surface area (Å²) in [7, 11) is 1.38. The molecule has 1 fully saturated rings. The summed E-state index contributed by atoms with van der Waals surface area (Å²) in [5, 5.41) is 3.53. The van der Waals surface area contributed by atoms with Crippen molar-refractivity contribution < 1.29 is 9.53 Å². The lowest BCUT2D eigenvalue weighted by atomic mass is 10.1. The van der Waals surface area contributed by atoms with E-state index in [9.17, 15) is 4.79 Å². The monoisotopic (exact) mass is 291 g/mol. The third-order valence-corrected chi connectivity index (χ3v) is 3.91. The lowest BCUT2D eigenvalue weighted by Gasteiger charge is -2.29. The number of nitrogens with one attached hydrogen (secondary N) is 1. The maximum absolute atomic E-state index is 11.6. The van der Waals surface area contributed by atoms with Crippen molar-refractivity contribution in [1.82, 2.24) is 15.2 Å². The normalized spacial score (nSPS) is 18.4. The Morgan fingerprint density at radius 2 is 2.33 bits per heavy atom. The van der Waals surface area contributed by atoms with Gasteiger partial charge in [0.25, 0.3) is 0 Å². The van der Waals surface area contributed by atoms with Gasteiger partial charge in [0.05, 0.1) is 12.8 Å². The van der Waals surface area contributed by atoms with Gasteiger partial charge in [0.2, 0.25) is 0 Å². The van der Waals surface area contributed by atoms with Crippen molar-refractivity contribution in [1.29, 1.82) is 0 Å². The average Bonchev–Trinajstić information content (AvgIpc) is 2.99. The molecule has 1 atom stereocenters. The molecule has 0 aliphatic carbocycles. The maximum atomic E-state index is 11.6. The van der Waals surface area contributed by atoms with Crippen molar-refractivity contribution in [3.05, 3.63) is 29.6 Å². The molecule has 1 N–H and O–H groups in total. The van der Waals surface area contributed by atoms with Gasteiger partial charge in [-0.25, -0.2) is 9.78 Å². The second-order valence-electron chi connectivity index (χ2n) is 5.82. The minimum Gasteiger partial charge on any atom is -0.464 e. The molecule has 1 unspecified atom stereocenters. The van der Waals surface area contributed by atoms with E-state index in [0.717, 1.165) is 25.3 Å². The highest BCUT2D eigenvalue weighted by atomic mass is 16.5. The van der Waals surface area contributed by atoms with Crippen LogP contribution in [0.1, 0.15) is 42.9 Å². The van der Waals surface area contributed by atoms with Crippen LogP contribution >= 0.6 is 0 Å². The fraction of sp³-hybridized carbons (Fsp3) is 0.625. The first-order chi connectivity index (χ1) is 10.1. The van der Waals surface area contributed by atoms with Crippen LogP contribution < -0.4 is 5.32 Å². The van der Waals surface area contributed by atoms with E-state index >= 15 is 0 Å². The molecule has 21 heavy (non-hydrogen) atoms. The van der Waals surface area contributed by atoms with Crippen LogP contribution in [0.2, 0.25) is 0 Å². The number of methoxy groups -OCH3 is 1. The Morgan fingerprint density at radius 1 is 1.52 bits per heavy atom. The molecular formula is C16H25N3O2. The van der Waals surface area contributed by atoms with Crippen molar-refractivity contribution in [3.63, 3.8) is 0 Å². The van der Waals surface area contributed by atoms with E-state index in [4.69, 9.17) is 4.74 Å². The summed E-state index contributed by atoms with van der Waals surface area (Å²) >= 11 is 0. The van der Waals surface area contributed by atoms with Crippen molar-refractivity contribution >= 4 is 5.97 Å².